The summed E-state index contributed by atoms with van der Waals surface area (Å²) in [6, 6.07) is 15.4. The van der Waals surface area contributed by atoms with Crippen molar-refractivity contribution >= 4 is 5.97 Å². The second-order valence-corrected chi connectivity index (χ2v) is 10.5. The number of benzene rings is 2. The number of aromatic nitrogens is 1. The fourth-order valence-corrected chi connectivity index (χ4v) is 4.80. The molecule has 6 nitrogen and oxygen atoms in total. The molecule has 45 heavy (non-hydrogen) atoms. The van der Waals surface area contributed by atoms with Crippen molar-refractivity contribution in [3.8, 4) is 11.1 Å². The highest BCUT2D eigenvalue weighted by molar-refractivity contribution is 5.73. The smallest absolute Gasteiger partial charge is 0.475 e. The molecule has 15 heteroatoms. The SMILES string of the molecule is CC(Cc1ccc(-c2ccc(C(O)(C(F)(F)F)C(F)(F)F)cc2)cc1)N1CCN(Cc2ccncc2)CC1.O=C(O)C(F)(F)F. The molecule has 1 aliphatic heterocycles. The zero-order valence-corrected chi connectivity index (χ0v) is 23.8. The highest BCUT2D eigenvalue weighted by Gasteiger charge is 2.71. The number of halogens is 9. The molecule has 0 aliphatic carbocycles. The summed E-state index contributed by atoms with van der Waals surface area (Å²) < 4.78 is 110. The molecule has 0 spiro atoms. The molecule has 0 bridgehead atoms. The Bertz CT molecular complexity index is 1360. The molecule has 4 rings (SSSR count). The van der Waals surface area contributed by atoms with Crippen LogP contribution in [0, 0.1) is 0 Å². The van der Waals surface area contributed by atoms with Gasteiger partial charge in [0.05, 0.1) is 0 Å². The number of aliphatic hydroxyl groups is 1. The first-order valence-electron chi connectivity index (χ1n) is 13.5. The minimum absolute atomic E-state index is 0.311. The van der Waals surface area contributed by atoms with E-state index in [1.165, 1.54) is 5.56 Å². The van der Waals surface area contributed by atoms with Crippen LogP contribution in [0.2, 0.25) is 0 Å². The van der Waals surface area contributed by atoms with Crippen molar-refractivity contribution in [3.63, 3.8) is 0 Å². The Kier molecular flexibility index (Phi) is 11.3. The van der Waals surface area contributed by atoms with Gasteiger partial charge in [-0.25, -0.2) is 4.79 Å². The quantitative estimate of drug-likeness (QED) is 0.287. The average molecular weight is 652 g/mol. The van der Waals surface area contributed by atoms with E-state index in [1.54, 1.807) is 24.5 Å². The molecule has 1 saturated heterocycles. The van der Waals surface area contributed by atoms with Gasteiger partial charge in [0.2, 0.25) is 0 Å². The Balaban J connectivity index is 0.000000707. The lowest BCUT2D eigenvalue weighted by atomic mass is 9.90. The van der Waals surface area contributed by atoms with Gasteiger partial charge in [0.1, 0.15) is 0 Å². The molecule has 2 N–H and O–H groups in total. The largest absolute Gasteiger partial charge is 0.490 e. The Hall–Kier alpha value is -3.69. The fraction of sp³-hybridized carbons (Fsp3) is 0.400. The van der Waals surface area contributed by atoms with Crippen LogP contribution in [0.1, 0.15) is 23.6 Å². The van der Waals surface area contributed by atoms with Crippen LogP contribution in [0.4, 0.5) is 39.5 Å². The van der Waals surface area contributed by atoms with E-state index < -0.39 is 35.7 Å². The molecule has 0 radical (unpaired) electrons. The second kappa shape index (κ2) is 14.2. The molecule has 0 saturated carbocycles. The number of hydrogen-bond donors (Lipinski definition) is 2. The van der Waals surface area contributed by atoms with Crippen molar-refractivity contribution in [1.29, 1.82) is 0 Å². The Morgan fingerprint density at radius 3 is 1.62 bits per heavy atom. The molecule has 2 heterocycles. The van der Waals surface area contributed by atoms with Gasteiger partial charge in [-0.2, -0.15) is 39.5 Å². The zero-order valence-electron chi connectivity index (χ0n) is 23.8. The first kappa shape index (κ1) is 35.8. The number of hydrogen-bond acceptors (Lipinski definition) is 5. The number of aliphatic carboxylic acids is 1. The van der Waals surface area contributed by atoms with E-state index in [2.05, 4.69) is 21.7 Å². The van der Waals surface area contributed by atoms with E-state index in [9.17, 15) is 44.6 Å². The third-order valence-electron chi connectivity index (χ3n) is 7.37. The van der Waals surface area contributed by atoms with Gasteiger partial charge in [-0.15, -0.1) is 0 Å². The standard InChI is InChI=1S/C28H29F6N3O.C2HF3O2/c1-20(37-16-14-36(15-17-37)19-22-10-12-35-13-11-22)18-21-2-4-23(5-3-21)24-6-8-25(9-7-24)26(38,27(29,30)31)28(32,33)34;3-2(4,5)1(6)7/h2-13,20,38H,14-19H2,1H3;(H,6,7). The molecular weight excluding hydrogens is 621 g/mol. The maximum atomic E-state index is 13.1. The number of nitrogens with zero attached hydrogens (tertiary/aromatic N) is 3. The minimum Gasteiger partial charge on any atom is -0.475 e. The van der Waals surface area contributed by atoms with Crippen LogP contribution in [-0.2, 0) is 23.4 Å². The predicted octanol–water partition coefficient (Wildman–Crippen LogP) is 6.44. The van der Waals surface area contributed by atoms with E-state index in [0.29, 0.717) is 29.3 Å². The highest BCUT2D eigenvalue weighted by atomic mass is 19.4. The van der Waals surface area contributed by atoms with Gasteiger partial charge in [0.15, 0.2) is 0 Å². The minimum atomic E-state index is -5.91. The summed E-state index contributed by atoms with van der Waals surface area (Å²) in [5, 5.41) is 16.7. The van der Waals surface area contributed by atoms with Gasteiger partial charge in [-0.05, 0) is 47.7 Å². The number of rotatable bonds is 7. The summed E-state index contributed by atoms with van der Waals surface area (Å²) in [5.74, 6) is -2.76. The van der Waals surface area contributed by atoms with Gasteiger partial charge < -0.3 is 10.2 Å². The van der Waals surface area contributed by atoms with Crippen molar-refractivity contribution in [3.05, 3.63) is 89.7 Å². The molecular formula is C30H30F9N3O3. The number of carbonyl (C=O) groups is 1. The second-order valence-electron chi connectivity index (χ2n) is 10.5. The van der Waals surface area contributed by atoms with E-state index in [-0.39, 0.29) is 0 Å². The maximum absolute atomic E-state index is 13.1. The summed E-state index contributed by atoms with van der Waals surface area (Å²) in [7, 11) is 0. The monoisotopic (exact) mass is 651 g/mol. The van der Waals surface area contributed by atoms with Crippen molar-refractivity contribution in [2.24, 2.45) is 0 Å². The summed E-state index contributed by atoms with van der Waals surface area (Å²) in [4.78, 5) is 17.8. The zero-order chi connectivity index (χ0) is 33.6. The Labute approximate surface area is 252 Å². The van der Waals surface area contributed by atoms with Crippen LogP contribution in [0.15, 0.2) is 73.1 Å². The van der Waals surface area contributed by atoms with Gasteiger partial charge in [0, 0.05) is 56.7 Å². The van der Waals surface area contributed by atoms with Gasteiger partial charge in [0.25, 0.3) is 5.60 Å². The van der Waals surface area contributed by atoms with Crippen molar-refractivity contribution in [1.82, 2.24) is 14.8 Å². The van der Waals surface area contributed by atoms with Crippen molar-refractivity contribution in [2.75, 3.05) is 26.2 Å². The van der Waals surface area contributed by atoms with Crippen molar-refractivity contribution < 1.29 is 54.5 Å². The topological polar surface area (TPSA) is 76.9 Å². The van der Waals surface area contributed by atoms with E-state index in [4.69, 9.17) is 9.90 Å². The van der Waals surface area contributed by atoms with E-state index >= 15 is 0 Å². The van der Waals surface area contributed by atoms with E-state index in [0.717, 1.165) is 56.8 Å². The summed E-state index contributed by atoms with van der Waals surface area (Å²) in [5.41, 5.74) is -2.77. The van der Waals surface area contributed by atoms with Crippen LogP contribution in [0.5, 0.6) is 0 Å². The van der Waals surface area contributed by atoms with Crippen LogP contribution in [-0.4, -0.2) is 81.7 Å². The van der Waals surface area contributed by atoms with Gasteiger partial charge in [-0.1, -0.05) is 48.5 Å². The summed E-state index contributed by atoms with van der Waals surface area (Å²) in [6.45, 7) is 6.93. The normalized spacial score (nSPS) is 16.1. The predicted molar refractivity (Wildman–Crippen MR) is 146 cm³/mol. The van der Waals surface area contributed by atoms with Crippen LogP contribution >= 0.6 is 0 Å². The number of piperazine rings is 1. The summed E-state index contributed by atoms with van der Waals surface area (Å²) >= 11 is 0. The lowest BCUT2D eigenvalue weighted by molar-refractivity contribution is -0.376. The third-order valence-corrected chi connectivity index (χ3v) is 7.37. The average Bonchev–Trinajstić information content (AvgIpc) is 2.97. The van der Waals surface area contributed by atoms with Gasteiger partial charge >= 0.3 is 24.5 Å². The number of pyridine rings is 1. The Morgan fingerprint density at radius 2 is 1.20 bits per heavy atom. The first-order valence-corrected chi connectivity index (χ1v) is 13.5. The lowest BCUT2D eigenvalue weighted by Crippen LogP contribution is -2.53. The molecule has 1 atom stereocenters. The number of carboxylic acid groups (broad SMARTS) is 1. The van der Waals surface area contributed by atoms with E-state index in [1.807, 2.05) is 24.3 Å². The summed E-state index contributed by atoms with van der Waals surface area (Å²) in [6.07, 6.45) is -12.5. The van der Waals surface area contributed by atoms with Crippen molar-refractivity contribution in [2.45, 2.75) is 50.1 Å². The van der Waals surface area contributed by atoms with Crippen LogP contribution in [0.3, 0.4) is 0 Å². The third kappa shape index (κ3) is 9.17. The molecule has 1 aliphatic rings. The number of carboxylic acids is 1. The maximum Gasteiger partial charge on any atom is 0.490 e. The fourth-order valence-electron chi connectivity index (χ4n) is 4.80. The molecule has 1 aromatic heterocycles. The van der Waals surface area contributed by atoms with Crippen LogP contribution < -0.4 is 0 Å². The molecule has 246 valence electrons. The highest BCUT2D eigenvalue weighted by Crippen LogP contribution is 2.50. The molecule has 1 unspecified atom stereocenters. The number of alkyl halides is 9. The first-order chi connectivity index (χ1) is 20.8. The molecule has 1 fully saturated rings. The molecule has 3 aromatic rings. The molecule has 2 aromatic carbocycles. The lowest BCUT2D eigenvalue weighted by Gasteiger charge is -2.38. The molecule has 0 amide bonds. The Morgan fingerprint density at radius 1 is 0.756 bits per heavy atom. The van der Waals surface area contributed by atoms with Gasteiger partial charge in [-0.3, -0.25) is 14.8 Å². The van der Waals surface area contributed by atoms with Crippen LogP contribution in [0.25, 0.3) is 11.1 Å².